The third kappa shape index (κ3) is 2.15. The molecule has 0 saturated heterocycles. The molecule has 4 rings (SSSR count). The van der Waals surface area contributed by atoms with Gasteiger partial charge in [-0.15, -0.1) is 0 Å². The van der Waals surface area contributed by atoms with Gasteiger partial charge in [-0.25, -0.2) is 0 Å². The molecule has 2 aliphatic rings. The van der Waals surface area contributed by atoms with Gasteiger partial charge in [-0.3, -0.25) is 14.4 Å². The lowest BCUT2D eigenvalue weighted by Crippen LogP contribution is -2.36. The summed E-state index contributed by atoms with van der Waals surface area (Å²) >= 11 is 3.35. The Bertz CT molecular complexity index is 978. The molecule has 0 aromatic heterocycles. The Kier molecular flexibility index (Phi) is 3.51. The highest BCUT2D eigenvalue weighted by Crippen LogP contribution is 2.48. The zero-order chi connectivity index (χ0) is 17.8. The smallest absolute Gasteiger partial charge is 0.241 e. The molecule has 2 aromatic carbocycles. The first-order valence-electron chi connectivity index (χ1n) is 7.88. The number of rotatable bonds is 2. The van der Waals surface area contributed by atoms with Crippen molar-refractivity contribution in [2.24, 2.45) is 0 Å². The van der Waals surface area contributed by atoms with Gasteiger partial charge in [0.2, 0.25) is 5.91 Å². The fraction of sp³-hybridized carbons (Fsp3) is 0.150. The minimum absolute atomic E-state index is 0.00128. The second-order valence-electron chi connectivity index (χ2n) is 6.32. The van der Waals surface area contributed by atoms with Crippen LogP contribution in [0.2, 0.25) is 0 Å². The van der Waals surface area contributed by atoms with Gasteiger partial charge in [-0.2, -0.15) is 0 Å². The maximum atomic E-state index is 12.9. The molecule has 1 aliphatic heterocycles. The van der Waals surface area contributed by atoms with Crippen molar-refractivity contribution in [2.75, 3.05) is 11.9 Å². The molecular weight excluding hydrogens is 382 g/mol. The van der Waals surface area contributed by atoms with Gasteiger partial charge in [-0.1, -0.05) is 46.3 Å². The highest BCUT2D eigenvalue weighted by molar-refractivity contribution is 9.10. The molecule has 1 unspecified atom stereocenters. The number of para-hydroxylation sites is 1. The van der Waals surface area contributed by atoms with Gasteiger partial charge < -0.3 is 4.90 Å². The van der Waals surface area contributed by atoms with E-state index < -0.39 is 5.41 Å². The van der Waals surface area contributed by atoms with Crippen molar-refractivity contribution >= 4 is 39.1 Å². The van der Waals surface area contributed by atoms with Crippen LogP contribution in [0, 0.1) is 0 Å². The molecule has 1 atom stereocenters. The van der Waals surface area contributed by atoms with Crippen LogP contribution in [0.3, 0.4) is 0 Å². The molecule has 124 valence electrons. The van der Waals surface area contributed by atoms with Crippen LogP contribution >= 0.6 is 15.9 Å². The number of ketones is 2. The fourth-order valence-electron chi connectivity index (χ4n) is 3.69. The number of fused-ring (bicyclic) bond motifs is 2. The number of carbonyl (C=O) groups is 3. The van der Waals surface area contributed by atoms with Crippen molar-refractivity contribution in [1.29, 1.82) is 0 Å². The third-order valence-electron chi connectivity index (χ3n) is 4.93. The predicted molar refractivity (Wildman–Crippen MR) is 97.7 cm³/mol. The van der Waals surface area contributed by atoms with E-state index in [-0.39, 0.29) is 29.5 Å². The lowest BCUT2D eigenvalue weighted by atomic mass is 9.81. The standard InChI is InChI=1S/C20H14BrNO3/c1-22-16-9-5-3-7-14(16)20(19(22)25)10-13(17(23)11-20)18(24)12-6-2-4-8-15(12)21/h2-10H,11H2,1H3. The van der Waals surface area contributed by atoms with Gasteiger partial charge in [0, 0.05) is 29.2 Å². The number of hydrogen-bond acceptors (Lipinski definition) is 3. The molecule has 0 radical (unpaired) electrons. The van der Waals surface area contributed by atoms with Crippen molar-refractivity contribution in [2.45, 2.75) is 11.8 Å². The summed E-state index contributed by atoms with van der Waals surface area (Å²) in [6.45, 7) is 0. The topological polar surface area (TPSA) is 54.5 Å². The zero-order valence-corrected chi connectivity index (χ0v) is 15.0. The molecule has 0 saturated carbocycles. The molecule has 1 heterocycles. The Hall–Kier alpha value is -2.53. The van der Waals surface area contributed by atoms with Gasteiger partial charge in [0.15, 0.2) is 11.6 Å². The molecule has 0 fully saturated rings. The number of likely N-dealkylation sites (N-methyl/N-ethyl adjacent to an activating group) is 1. The number of benzene rings is 2. The van der Waals surface area contributed by atoms with E-state index in [1.807, 2.05) is 24.3 Å². The lowest BCUT2D eigenvalue weighted by molar-refractivity contribution is -0.124. The van der Waals surface area contributed by atoms with E-state index in [1.165, 1.54) is 0 Å². The summed E-state index contributed by atoms with van der Waals surface area (Å²) < 4.78 is 0.630. The Balaban J connectivity index is 1.85. The van der Waals surface area contributed by atoms with Gasteiger partial charge in [0.1, 0.15) is 5.41 Å². The van der Waals surface area contributed by atoms with Crippen LogP contribution in [-0.2, 0) is 15.0 Å². The van der Waals surface area contributed by atoms with E-state index in [0.29, 0.717) is 10.0 Å². The highest BCUT2D eigenvalue weighted by atomic mass is 79.9. The van der Waals surface area contributed by atoms with E-state index in [2.05, 4.69) is 15.9 Å². The van der Waals surface area contributed by atoms with Gasteiger partial charge >= 0.3 is 0 Å². The van der Waals surface area contributed by atoms with Crippen molar-refractivity contribution in [3.63, 3.8) is 0 Å². The van der Waals surface area contributed by atoms with Gasteiger partial charge in [0.25, 0.3) is 0 Å². The number of carbonyl (C=O) groups excluding carboxylic acids is 3. The minimum atomic E-state index is -1.06. The predicted octanol–water partition coefficient (Wildman–Crippen LogP) is 3.45. The maximum absolute atomic E-state index is 12.9. The van der Waals surface area contributed by atoms with Gasteiger partial charge in [-0.05, 0) is 29.8 Å². The van der Waals surface area contributed by atoms with E-state index in [0.717, 1.165) is 11.3 Å². The van der Waals surface area contributed by atoms with Crippen LogP contribution in [0.5, 0.6) is 0 Å². The normalized spacial score (nSPS) is 21.7. The summed E-state index contributed by atoms with van der Waals surface area (Å²) in [7, 11) is 1.70. The second-order valence-corrected chi connectivity index (χ2v) is 7.17. The molecule has 5 heteroatoms. The van der Waals surface area contributed by atoms with Crippen LogP contribution in [0.1, 0.15) is 22.3 Å². The van der Waals surface area contributed by atoms with Crippen LogP contribution < -0.4 is 4.90 Å². The molecule has 1 amide bonds. The molecular formula is C20H14BrNO3. The number of Topliss-reactive ketones (excluding diaryl/α,β-unsaturated/α-hetero) is 2. The molecule has 1 spiro atoms. The van der Waals surface area contributed by atoms with Crippen molar-refractivity contribution in [1.82, 2.24) is 0 Å². The lowest BCUT2D eigenvalue weighted by Gasteiger charge is -2.18. The molecule has 0 bridgehead atoms. The zero-order valence-electron chi connectivity index (χ0n) is 13.5. The van der Waals surface area contributed by atoms with Crippen LogP contribution in [-0.4, -0.2) is 24.5 Å². The quantitative estimate of drug-likeness (QED) is 0.577. The Morgan fingerprint density at radius 2 is 1.76 bits per heavy atom. The molecule has 0 N–H and O–H groups in total. The van der Waals surface area contributed by atoms with E-state index in [9.17, 15) is 14.4 Å². The number of halogens is 1. The largest absolute Gasteiger partial charge is 0.314 e. The first-order valence-corrected chi connectivity index (χ1v) is 8.68. The number of anilines is 1. The van der Waals surface area contributed by atoms with Gasteiger partial charge in [0.05, 0.1) is 5.57 Å². The van der Waals surface area contributed by atoms with Crippen molar-refractivity contribution in [3.8, 4) is 0 Å². The SMILES string of the molecule is CN1C(=O)C2(C=C(C(=O)c3ccccc3Br)C(=O)C2)c2ccccc21. The Labute approximate surface area is 153 Å². The number of nitrogens with zero attached hydrogens (tertiary/aromatic N) is 1. The minimum Gasteiger partial charge on any atom is -0.314 e. The number of allylic oxidation sites excluding steroid dienone is 1. The summed E-state index contributed by atoms with van der Waals surface area (Å²) in [6, 6.07) is 14.4. The summed E-state index contributed by atoms with van der Waals surface area (Å²) in [4.78, 5) is 40.0. The van der Waals surface area contributed by atoms with Crippen LogP contribution in [0.15, 0.2) is 64.7 Å². The monoisotopic (exact) mass is 395 g/mol. The summed E-state index contributed by atoms with van der Waals surface area (Å²) in [5.74, 6) is -0.814. The number of hydrogen-bond donors (Lipinski definition) is 0. The highest BCUT2D eigenvalue weighted by Gasteiger charge is 2.54. The van der Waals surface area contributed by atoms with E-state index in [4.69, 9.17) is 0 Å². The molecule has 2 aromatic rings. The fourth-order valence-corrected chi connectivity index (χ4v) is 4.15. The molecule has 25 heavy (non-hydrogen) atoms. The maximum Gasteiger partial charge on any atom is 0.241 e. The summed E-state index contributed by atoms with van der Waals surface area (Å²) in [5, 5.41) is 0. The van der Waals surface area contributed by atoms with Crippen LogP contribution in [0.25, 0.3) is 0 Å². The average molecular weight is 396 g/mol. The Morgan fingerprint density at radius 1 is 1.08 bits per heavy atom. The van der Waals surface area contributed by atoms with Crippen molar-refractivity contribution < 1.29 is 14.4 Å². The van der Waals surface area contributed by atoms with Crippen molar-refractivity contribution in [3.05, 3.63) is 75.8 Å². The van der Waals surface area contributed by atoms with E-state index >= 15 is 0 Å². The van der Waals surface area contributed by atoms with E-state index in [1.54, 1.807) is 42.3 Å². The number of amides is 1. The third-order valence-corrected chi connectivity index (χ3v) is 5.62. The van der Waals surface area contributed by atoms with Crippen LogP contribution in [0.4, 0.5) is 5.69 Å². The molecule has 4 nitrogen and oxygen atoms in total. The first-order chi connectivity index (χ1) is 12.0. The Morgan fingerprint density at radius 3 is 2.52 bits per heavy atom. The molecule has 1 aliphatic carbocycles. The summed E-state index contributed by atoms with van der Waals surface area (Å²) in [5.41, 5.74) is 1.02. The first kappa shape index (κ1) is 16.0. The second kappa shape index (κ2) is 5.49. The average Bonchev–Trinajstić information content (AvgIpc) is 3.07. The summed E-state index contributed by atoms with van der Waals surface area (Å²) in [6.07, 6.45) is 1.57.